The molecule has 0 amide bonds. The first kappa shape index (κ1) is 22.9. The maximum absolute atomic E-state index is 13.0. The topological polar surface area (TPSA) is 99.9 Å². The molecular weight excluding hydrogens is 396 g/mol. The van der Waals surface area contributed by atoms with Crippen molar-refractivity contribution in [2.24, 2.45) is 5.73 Å². The highest BCUT2D eigenvalue weighted by Crippen LogP contribution is 2.41. The highest BCUT2D eigenvalue weighted by Gasteiger charge is 2.39. The molecule has 158 valence electrons. The van der Waals surface area contributed by atoms with Crippen molar-refractivity contribution in [3.8, 4) is 0 Å². The second-order valence-electron chi connectivity index (χ2n) is 6.29. The van der Waals surface area contributed by atoms with Gasteiger partial charge in [-0.25, -0.2) is 9.59 Å². The molecule has 1 aromatic rings. The molecule has 7 nitrogen and oxygen atoms in total. The number of hydrogen-bond donors (Lipinski definition) is 2. The molecule has 0 spiro atoms. The normalized spacial score (nSPS) is 16.5. The number of halogens is 1. The fraction of sp³-hybridized carbons (Fsp3) is 0.429. The molecule has 1 unspecified atom stereocenters. The average molecular weight is 423 g/mol. The van der Waals surface area contributed by atoms with E-state index in [1.165, 1.54) is 0 Å². The van der Waals surface area contributed by atoms with Crippen LogP contribution in [0, 0.1) is 0 Å². The lowest BCUT2D eigenvalue weighted by molar-refractivity contribution is -0.139. The molecule has 1 atom stereocenters. The van der Waals surface area contributed by atoms with Gasteiger partial charge in [0.05, 0.1) is 49.2 Å². The van der Waals surface area contributed by atoms with Gasteiger partial charge in [0.25, 0.3) is 0 Å². The maximum atomic E-state index is 13.0. The second-order valence-corrected chi connectivity index (χ2v) is 6.70. The van der Waals surface area contributed by atoms with Gasteiger partial charge < -0.3 is 25.3 Å². The summed E-state index contributed by atoms with van der Waals surface area (Å²) in [5.41, 5.74) is 7.76. The molecule has 3 N–H and O–H groups in total. The highest BCUT2D eigenvalue weighted by molar-refractivity contribution is 6.31. The van der Waals surface area contributed by atoms with E-state index >= 15 is 0 Å². The number of nitrogens with two attached hydrogens (primary N) is 1. The van der Waals surface area contributed by atoms with Crippen molar-refractivity contribution in [3.05, 3.63) is 57.4 Å². The molecule has 0 aromatic heterocycles. The van der Waals surface area contributed by atoms with Crippen molar-refractivity contribution in [1.29, 1.82) is 0 Å². The van der Waals surface area contributed by atoms with Crippen LogP contribution < -0.4 is 11.1 Å². The van der Waals surface area contributed by atoms with Crippen LogP contribution in [0.25, 0.3) is 0 Å². The first-order chi connectivity index (χ1) is 14.0. The molecule has 0 saturated carbocycles. The Kier molecular flexibility index (Phi) is 8.70. The maximum Gasteiger partial charge on any atom is 0.336 e. The lowest BCUT2D eigenvalue weighted by atomic mass is 9.80. The van der Waals surface area contributed by atoms with Gasteiger partial charge in [0.1, 0.15) is 0 Å². The lowest BCUT2D eigenvalue weighted by Gasteiger charge is -2.31. The fourth-order valence-electron chi connectivity index (χ4n) is 3.22. The summed E-state index contributed by atoms with van der Waals surface area (Å²) in [5, 5.41) is 3.55. The van der Waals surface area contributed by atoms with Crippen LogP contribution in [-0.2, 0) is 23.8 Å². The Labute approximate surface area is 175 Å². The van der Waals surface area contributed by atoms with Crippen LogP contribution in [0.3, 0.4) is 0 Å². The number of carbonyl (C=O) groups is 2. The summed E-state index contributed by atoms with van der Waals surface area (Å²) in [6.45, 7) is 6.37. The smallest absolute Gasteiger partial charge is 0.336 e. The Hall–Kier alpha value is -2.35. The summed E-state index contributed by atoms with van der Waals surface area (Å²) in [7, 11) is 0. The van der Waals surface area contributed by atoms with E-state index in [4.69, 9.17) is 31.5 Å². The third kappa shape index (κ3) is 5.38. The zero-order valence-electron chi connectivity index (χ0n) is 16.9. The summed E-state index contributed by atoms with van der Waals surface area (Å²) >= 11 is 6.46. The van der Waals surface area contributed by atoms with Crippen LogP contribution in [-0.4, -0.2) is 44.9 Å². The Morgan fingerprint density at radius 2 is 1.72 bits per heavy atom. The van der Waals surface area contributed by atoms with E-state index in [-0.39, 0.29) is 25.4 Å². The number of allylic oxidation sites excluding steroid dienone is 1. The van der Waals surface area contributed by atoms with Crippen molar-refractivity contribution >= 4 is 23.5 Å². The molecule has 0 fully saturated rings. The zero-order chi connectivity index (χ0) is 21.4. The lowest BCUT2D eigenvalue weighted by Crippen LogP contribution is -2.35. The molecular formula is C21H27ClN2O5. The van der Waals surface area contributed by atoms with Gasteiger partial charge in [-0.2, -0.15) is 0 Å². The van der Waals surface area contributed by atoms with Gasteiger partial charge in [0.2, 0.25) is 0 Å². The number of ether oxygens (including phenoxy) is 3. The van der Waals surface area contributed by atoms with Gasteiger partial charge in [-0.15, -0.1) is 0 Å². The minimum absolute atomic E-state index is 0.111. The van der Waals surface area contributed by atoms with Crippen molar-refractivity contribution in [2.45, 2.75) is 26.7 Å². The highest BCUT2D eigenvalue weighted by atomic mass is 35.5. The number of dihydropyridines is 1. The Morgan fingerprint density at radius 1 is 1.10 bits per heavy atom. The van der Waals surface area contributed by atoms with Gasteiger partial charge in [0, 0.05) is 17.3 Å². The molecule has 1 aromatic carbocycles. The van der Waals surface area contributed by atoms with Gasteiger partial charge >= 0.3 is 11.9 Å². The van der Waals surface area contributed by atoms with Crippen molar-refractivity contribution in [3.63, 3.8) is 0 Å². The van der Waals surface area contributed by atoms with Gasteiger partial charge in [0.15, 0.2) is 0 Å². The molecule has 0 aliphatic carbocycles. The molecule has 8 heteroatoms. The van der Waals surface area contributed by atoms with Gasteiger partial charge in [-0.3, -0.25) is 0 Å². The SMILES string of the molecule is CCOC(=O)C1=C(C)NC(COCCN)=C(C(=O)OCC)C1c1ccccc1Cl. The summed E-state index contributed by atoms with van der Waals surface area (Å²) in [6.07, 6.45) is 0. The van der Waals surface area contributed by atoms with Crippen LogP contribution in [0.15, 0.2) is 46.8 Å². The molecule has 1 aliphatic rings. The second kappa shape index (κ2) is 11.0. The summed E-state index contributed by atoms with van der Waals surface area (Å²) in [5.74, 6) is -1.82. The van der Waals surface area contributed by atoms with E-state index in [1.54, 1.807) is 45.0 Å². The number of esters is 2. The number of nitrogens with one attached hydrogen (secondary N) is 1. The van der Waals surface area contributed by atoms with Gasteiger partial charge in [-0.1, -0.05) is 29.8 Å². The third-order valence-electron chi connectivity index (χ3n) is 4.36. The third-order valence-corrected chi connectivity index (χ3v) is 4.70. The van der Waals surface area contributed by atoms with E-state index in [1.807, 2.05) is 0 Å². The predicted molar refractivity (Wildman–Crippen MR) is 110 cm³/mol. The molecule has 0 saturated heterocycles. The first-order valence-corrected chi connectivity index (χ1v) is 9.91. The number of rotatable bonds is 9. The molecule has 0 radical (unpaired) electrons. The van der Waals surface area contributed by atoms with Crippen LogP contribution in [0.1, 0.15) is 32.3 Å². The standard InChI is InChI=1S/C21H27ClN2O5/c1-4-28-20(25)17-13(3)24-16(12-27-11-10-23)19(21(26)29-5-2)18(17)14-8-6-7-9-15(14)22/h6-9,18,24H,4-5,10-12,23H2,1-3H3. The van der Waals surface area contributed by atoms with E-state index in [2.05, 4.69) is 5.32 Å². The predicted octanol–water partition coefficient (Wildman–Crippen LogP) is 2.66. The van der Waals surface area contributed by atoms with E-state index in [9.17, 15) is 9.59 Å². The fourth-order valence-corrected chi connectivity index (χ4v) is 3.46. The molecule has 0 bridgehead atoms. The molecule has 2 rings (SSSR count). The van der Waals surface area contributed by atoms with Crippen LogP contribution in [0.2, 0.25) is 5.02 Å². The van der Waals surface area contributed by atoms with Crippen molar-refractivity contribution < 1.29 is 23.8 Å². The quantitative estimate of drug-likeness (QED) is 0.466. The Balaban J connectivity index is 2.67. The van der Waals surface area contributed by atoms with Crippen molar-refractivity contribution in [1.82, 2.24) is 5.32 Å². The first-order valence-electron chi connectivity index (χ1n) is 9.53. The monoisotopic (exact) mass is 422 g/mol. The van der Waals surface area contributed by atoms with Crippen molar-refractivity contribution in [2.75, 3.05) is 33.0 Å². The van der Waals surface area contributed by atoms with E-state index < -0.39 is 17.9 Å². The number of benzene rings is 1. The van der Waals surface area contributed by atoms with E-state index in [0.29, 0.717) is 40.7 Å². The minimum atomic E-state index is -0.750. The molecule has 1 aliphatic heterocycles. The van der Waals surface area contributed by atoms with Crippen LogP contribution in [0.4, 0.5) is 0 Å². The molecule has 1 heterocycles. The van der Waals surface area contributed by atoms with Crippen LogP contribution >= 0.6 is 11.6 Å². The molecule has 29 heavy (non-hydrogen) atoms. The number of carbonyl (C=O) groups excluding carboxylic acids is 2. The summed E-state index contributed by atoms with van der Waals surface area (Å²) < 4.78 is 16.1. The number of hydrogen-bond acceptors (Lipinski definition) is 7. The summed E-state index contributed by atoms with van der Waals surface area (Å²) in [4.78, 5) is 25.8. The zero-order valence-corrected chi connectivity index (χ0v) is 17.7. The van der Waals surface area contributed by atoms with Gasteiger partial charge in [-0.05, 0) is 32.4 Å². The minimum Gasteiger partial charge on any atom is -0.463 e. The summed E-state index contributed by atoms with van der Waals surface area (Å²) in [6, 6.07) is 7.08. The largest absolute Gasteiger partial charge is 0.463 e. The van der Waals surface area contributed by atoms with Crippen LogP contribution in [0.5, 0.6) is 0 Å². The Morgan fingerprint density at radius 3 is 2.31 bits per heavy atom. The average Bonchev–Trinajstić information content (AvgIpc) is 2.68. The van der Waals surface area contributed by atoms with E-state index in [0.717, 1.165) is 0 Å². The Bertz CT molecular complexity index is 819.